The van der Waals surface area contributed by atoms with E-state index in [0.29, 0.717) is 0 Å². The molecular weight excluding hydrogens is 556 g/mol. The maximum absolute atomic E-state index is 12.9. The molecule has 0 aromatic heterocycles. The van der Waals surface area contributed by atoms with Crippen molar-refractivity contribution in [2.45, 2.75) is 45.1 Å². The smallest absolute Gasteiger partial charge is 0.416 e. The lowest BCUT2D eigenvalue weighted by molar-refractivity contribution is -0.139. The van der Waals surface area contributed by atoms with Gasteiger partial charge in [0.15, 0.2) is 0 Å². The number of aliphatic carboxylic acids is 1. The van der Waals surface area contributed by atoms with Crippen molar-refractivity contribution in [2.75, 3.05) is 6.54 Å². The molecule has 3 aromatic rings. The first-order valence-corrected chi connectivity index (χ1v) is 13.6. The number of ether oxygens (including phenoxy) is 3. The van der Waals surface area contributed by atoms with Gasteiger partial charge in [0.2, 0.25) is 5.96 Å². The van der Waals surface area contributed by atoms with Crippen molar-refractivity contribution in [2.24, 2.45) is 0 Å². The molecule has 0 radical (unpaired) electrons. The Labute approximate surface area is 249 Å². The average molecular weight is 591 g/mol. The molecule has 12 nitrogen and oxygen atoms in total. The molecule has 3 amide bonds. The van der Waals surface area contributed by atoms with Gasteiger partial charge >= 0.3 is 24.2 Å². The van der Waals surface area contributed by atoms with Crippen molar-refractivity contribution in [3.8, 4) is 0 Å². The van der Waals surface area contributed by atoms with Gasteiger partial charge in [0.05, 0.1) is 0 Å². The molecule has 0 saturated heterocycles. The van der Waals surface area contributed by atoms with E-state index in [1.807, 2.05) is 18.2 Å². The molecule has 0 saturated carbocycles. The highest BCUT2D eigenvalue weighted by atomic mass is 16.6. The zero-order valence-electron chi connectivity index (χ0n) is 23.4. The Bertz CT molecular complexity index is 1340. The van der Waals surface area contributed by atoms with Crippen molar-refractivity contribution < 1.29 is 38.5 Å². The Kier molecular flexibility index (Phi) is 13.0. The molecule has 0 aliphatic heterocycles. The topological polar surface area (TPSA) is 167 Å². The standard InChI is InChI=1S/C31H34N4O8/c32-28(34-30(39)42-21-24-14-6-2-7-15-24)35(31(40)43-22-25-16-8-3-9-17-25)19-11-10-18-26(27(36)37)33-29(38)41-20-23-12-4-1-5-13-23/h1-9,12-17,26H,10-11,18-22H2,(H,33,38)(H,36,37)(H2,32,34,39)/t26-/m0/s1. The number of hydrogen-bond donors (Lipinski definition) is 4. The van der Waals surface area contributed by atoms with E-state index in [0.717, 1.165) is 21.6 Å². The van der Waals surface area contributed by atoms with Gasteiger partial charge in [-0.3, -0.25) is 10.7 Å². The highest BCUT2D eigenvalue weighted by Gasteiger charge is 2.24. The van der Waals surface area contributed by atoms with E-state index in [1.54, 1.807) is 72.8 Å². The van der Waals surface area contributed by atoms with Crippen LogP contribution >= 0.6 is 0 Å². The second kappa shape index (κ2) is 17.4. The predicted molar refractivity (Wildman–Crippen MR) is 156 cm³/mol. The summed E-state index contributed by atoms with van der Waals surface area (Å²) in [5, 5.41) is 22.4. The molecule has 0 aliphatic rings. The van der Waals surface area contributed by atoms with E-state index in [9.17, 15) is 24.3 Å². The minimum absolute atomic E-state index is 0.0119. The molecule has 226 valence electrons. The van der Waals surface area contributed by atoms with E-state index in [1.165, 1.54) is 0 Å². The third-order valence-corrected chi connectivity index (χ3v) is 6.06. The Morgan fingerprint density at radius 1 is 0.698 bits per heavy atom. The molecular formula is C31H34N4O8. The second-order valence-electron chi connectivity index (χ2n) is 9.32. The number of benzene rings is 3. The minimum atomic E-state index is -1.24. The largest absolute Gasteiger partial charge is 0.480 e. The Hall–Kier alpha value is -5.39. The van der Waals surface area contributed by atoms with E-state index in [4.69, 9.17) is 19.6 Å². The number of guanidine groups is 1. The summed E-state index contributed by atoms with van der Waals surface area (Å²) in [7, 11) is 0. The van der Waals surface area contributed by atoms with Gasteiger partial charge in [-0.15, -0.1) is 0 Å². The van der Waals surface area contributed by atoms with Crippen molar-refractivity contribution in [3.05, 3.63) is 108 Å². The van der Waals surface area contributed by atoms with Crippen LogP contribution in [0, 0.1) is 5.41 Å². The molecule has 0 unspecified atom stereocenters. The third kappa shape index (κ3) is 11.9. The molecule has 3 aromatic carbocycles. The Morgan fingerprint density at radius 2 is 1.16 bits per heavy atom. The van der Waals surface area contributed by atoms with Gasteiger partial charge in [-0.05, 0) is 36.0 Å². The van der Waals surface area contributed by atoms with Crippen LogP contribution in [-0.4, -0.2) is 52.8 Å². The normalized spacial score (nSPS) is 11.0. The predicted octanol–water partition coefficient (Wildman–Crippen LogP) is 5.04. The summed E-state index contributed by atoms with van der Waals surface area (Å²) in [5.41, 5.74) is 2.23. The van der Waals surface area contributed by atoms with Crippen LogP contribution in [0.25, 0.3) is 0 Å². The number of rotatable bonds is 13. The minimum Gasteiger partial charge on any atom is -0.480 e. The number of hydrogen-bond acceptors (Lipinski definition) is 8. The van der Waals surface area contributed by atoms with Crippen molar-refractivity contribution in [1.29, 1.82) is 5.41 Å². The summed E-state index contributed by atoms with van der Waals surface area (Å²) in [6, 6.07) is 25.6. The molecule has 1 atom stereocenters. The molecule has 3 rings (SSSR count). The van der Waals surface area contributed by atoms with Gasteiger partial charge in [0.1, 0.15) is 25.9 Å². The maximum Gasteiger partial charge on any atom is 0.416 e. The first-order chi connectivity index (χ1) is 20.8. The number of alkyl carbamates (subject to hydrolysis) is 2. The molecule has 4 N–H and O–H groups in total. The molecule has 0 bridgehead atoms. The van der Waals surface area contributed by atoms with Crippen molar-refractivity contribution in [1.82, 2.24) is 15.5 Å². The van der Waals surface area contributed by atoms with E-state index >= 15 is 0 Å². The fraction of sp³-hybridized carbons (Fsp3) is 0.258. The molecule has 0 fully saturated rings. The lowest BCUT2D eigenvalue weighted by atomic mass is 10.1. The zero-order chi connectivity index (χ0) is 30.9. The highest BCUT2D eigenvalue weighted by molar-refractivity contribution is 5.99. The summed E-state index contributed by atoms with van der Waals surface area (Å²) < 4.78 is 15.6. The monoisotopic (exact) mass is 590 g/mol. The number of carbonyl (C=O) groups is 4. The lowest BCUT2D eigenvalue weighted by Crippen LogP contribution is -2.47. The van der Waals surface area contributed by atoms with Gasteiger partial charge in [-0.25, -0.2) is 24.1 Å². The van der Waals surface area contributed by atoms with Crippen LogP contribution in [0.4, 0.5) is 14.4 Å². The number of unbranched alkanes of at least 4 members (excludes halogenated alkanes) is 1. The second-order valence-corrected chi connectivity index (χ2v) is 9.32. The molecule has 43 heavy (non-hydrogen) atoms. The SMILES string of the molecule is N=C(NC(=O)OCc1ccccc1)N(CCCC[C@H](NC(=O)OCc1ccccc1)C(=O)O)C(=O)OCc1ccccc1. The number of nitrogens with one attached hydrogen (secondary N) is 3. The molecule has 0 spiro atoms. The van der Waals surface area contributed by atoms with Crippen molar-refractivity contribution >= 4 is 30.2 Å². The molecule has 0 heterocycles. The van der Waals surface area contributed by atoms with Gasteiger partial charge in [-0.1, -0.05) is 91.0 Å². The summed E-state index contributed by atoms with van der Waals surface area (Å²) >= 11 is 0. The number of nitrogens with zero attached hydrogens (tertiary/aromatic N) is 1. The Morgan fingerprint density at radius 3 is 1.65 bits per heavy atom. The lowest BCUT2D eigenvalue weighted by Gasteiger charge is -2.23. The van der Waals surface area contributed by atoms with Crippen LogP contribution in [0.3, 0.4) is 0 Å². The number of carboxylic acid groups (broad SMARTS) is 1. The van der Waals surface area contributed by atoms with Gasteiger partial charge in [0, 0.05) is 6.54 Å². The molecule has 0 aliphatic carbocycles. The number of carboxylic acids is 1. The van der Waals surface area contributed by atoms with Crippen LogP contribution < -0.4 is 10.6 Å². The van der Waals surface area contributed by atoms with Crippen LogP contribution in [0.5, 0.6) is 0 Å². The Balaban J connectivity index is 1.52. The summed E-state index contributed by atoms with van der Waals surface area (Å²) in [4.78, 5) is 50.0. The number of amides is 3. The zero-order valence-corrected chi connectivity index (χ0v) is 23.4. The average Bonchev–Trinajstić information content (AvgIpc) is 3.02. The van der Waals surface area contributed by atoms with Crippen LogP contribution in [0.2, 0.25) is 0 Å². The first-order valence-electron chi connectivity index (χ1n) is 13.6. The number of carbonyl (C=O) groups excluding carboxylic acids is 3. The van der Waals surface area contributed by atoms with E-state index in [2.05, 4.69) is 10.6 Å². The summed E-state index contributed by atoms with van der Waals surface area (Å²) in [5.74, 6) is -1.81. The van der Waals surface area contributed by atoms with Crippen molar-refractivity contribution in [3.63, 3.8) is 0 Å². The van der Waals surface area contributed by atoms with Crippen LogP contribution in [0.1, 0.15) is 36.0 Å². The van der Waals surface area contributed by atoms with Gasteiger partial charge in [0.25, 0.3) is 0 Å². The fourth-order valence-electron chi connectivity index (χ4n) is 3.80. The van der Waals surface area contributed by atoms with Crippen LogP contribution in [0.15, 0.2) is 91.0 Å². The van der Waals surface area contributed by atoms with E-state index in [-0.39, 0.29) is 45.6 Å². The quantitative estimate of drug-likeness (QED) is 0.0930. The maximum atomic E-state index is 12.9. The molecule has 12 heteroatoms. The first kappa shape index (κ1) is 32.1. The summed E-state index contributed by atoms with van der Waals surface area (Å²) in [6.07, 6.45) is -2.17. The fourth-order valence-corrected chi connectivity index (χ4v) is 3.80. The van der Waals surface area contributed by atoms with E-state index < -0.39 is 36.3 Å². The third-order valence-electron chi connectivity index (χ3n) is 6.06. The van der Waals surface area contributed by atoms with Crippen LogP contribution in [-0.2, 0) is 38.8 Å². The highest BCUT2D eigenvalue weighted by Crippen LogP contribution is 2.09. The van der Waals surface area contributed by atoms with Gasteiger partial charge in [-0.2, -0.15) is 0 Å². The van der Waals surface area contributed by atoms with Gasteiger partial charge < -0.3 is 24.6 Å². The summed E-state index contributed by atoms with van der Waals surface area (Å²) in [6.45, 7) is -0.175.